The molecular weight excluding hydrogens is 436 g/mol. The summed E-state index contributed by atoms with van der Waals surface area (Å²) in [6.07, 6.45) is 1.45. The lowest BCUT2D eigenvalue weighted by molar-refractivity contribution is 0.102. The van der Waals surface area contributed by atoms with Crippen LogP contribution in [-0.4, -0.2) is 78.4 Å². The average molecular weight is 463 g/mol. The van der Waals surface area contributed by atoms with Crippen molar-refractivity contribution in [3.8, 4) is 11.4 Å². The van der Waals surface area contributed by atoms with E-state index < -0.39 is 0 Å². The molecule has 4 heterocycles. The second-order valence-electron chi connectivity index (χ2n) is 7.96. The Morgan fingerprint density at radius 3 is 2.12 bits per heavy atom. The van der Waals surface area contributed by atoms with Crippen LogP contribution in [0.5, 0.6) is 0 Å². The molecule has 5 rings (SSSR count). The molecule has 2 aliphatic rings. The maximum Gasteiger partial charge on any atom is 0.257 e. The summed E-state index contributed by atoms with van der Waals surface area (Å²) in [5.41, 5.74) is 7.44. The molecule has 0 bridgehead atoms. The van der Waals surface area contributed by atoms with Gasteiger partial charge in [-0.15, -0.1) is 0 Å². The molecule has 11 nitrogen and oxygen atoms in total. The quantitative estimate of drug-likeness (QED) is 0.574. The van der Waals surface area contributed by atoms with Crippen molar-refractivity contribution in [2.24, 2.45) is 0 Å². The standard InChI is InChI=1S/C23H26N8O3/c24-19-5-4-17(15-25-19)21(32)26-18-3-1-2-16(14-18)20-27-22(30-6-10-33-11-7-30)29-23(28-20)31-8-12-34-13-9-31/h1-5,14-15H,6-13H2,(H2,24,25)(H,26,32). The normalized spacial score (nSPS) is 16.4. The third-order valence-corrected chi connectivity index (χ3v) is 5.63. The van der Waals surface area contributed by atoms with Crippen LogP contribution >= 0.6 is 0 Å². The van der Waals surface area contributed by atoms with E-state index >= 15 is 0 Å². The minimum absolute atomic E-state index is 0.275. The molecule has 1 amide bonds. The number of hydrogen-bond acceptors (Lipinski definition) is 10. The van der Waals surface area contributed by atoms with Gasteiger partial charge in [-0.05, 0) is 24.3 Å². The monoisotopic (exact) mass is 462 g/mol. The molecule has 176 valence electrons. The van der Waals surface area contributed by atoms with Gasteiger partial charge in [-0.25, -0.2) is 4.98 Å². The van der Waals surface area contributed by atoms with E-state index in [9.17, 15) is 4.79 Å². The fraction of sp³-hybridized carbons (Fsp3) is 0.348. The van der Waals surface area contributed by atoms with Gasteiger partial charge in [-0.1, -0.05) is 12.1 Å². The summed E-state index contributed by atoms with van der Waals surface area (Å²) in [5, 5.41) is 2.90. The number of pyridine rings is 1. The first-order valence-electron chi connectivity index (χ1n) is 11.2. The Morgan fingerprint density at radius 2 is 1.53 bits per heavy atom. The van der Waals surface area contributed by atoms with Gasteiger partial charge in [0, 0.05) is 43.6 Å². The number of nitrogens with zero attached hydrogens (tertiary/aromatic N) is 6. The lowest BCUT2D eigenvalue weighted by atomic mass is 10.1. The van der Waals surface area contributed by atoms with E-state index in [0.29, 0.717) is 61.2 Å². The highest BCUT2D eigenvalue weighted by Gasteiger charge is 2.21. The number of anilines is 4. The highest BCUT2D eigenvalue weighted by atomic mass is 16.5. The molecule has 0 radical (unpaired) electrons. The molecule has 34 heavy (non-hydrogen) atoms. The Bertz CT molecular complexity index is 1110. The number of nitrogens with one attached hydrogen (secondary N) is 1. The number of carbonyl (C=O) groups is 1. The number of hydrogen-bond donors (Lipinski definition) is 2. The van der Waals surface area contributed by atoms with Crippen LogP contribution in [0.25, 0.3) is 11.4 Å². The van der Waals surface area contributed by atoms with Crippen molar-refractivity contribution in [3.05, 3.63) is 48.2 Å². The van der Waals surface area contributed by atoms with Gasteiger partial charge in [0.05, 0.1) is 32.0 Å². The minimum atomic E-state index is -0.275. The van der Waals surface area contributed by atoms with Gasteiger partial charge >= 0.3 is 0 Å². The van der Waals surface area contributed by atoms with Crippen LogP contribution < -0.4 is 20.9 Å². The molecule has 3 aromatic rings. The SMILES string of the molecule is Nc1ccc(C(=O)Nc2cccc(-c3nc(N4CCOCC4)nc(N4CCOCC4)n3)c2)cn1. The predicted molar refractivity (Wildman–Crippen MR) is 128 cm³/mol. The van der Waals surface area contributed by atoms with Gasteiger partial charge in [0.25, 0.3) is 5.91 Å². The zero-order valence-electron chi connectivity index (χ0n) is 18.7. The molecule has 2 aliphatic heterocycles. The second-order valence-corrected chi connectivity index (χ2v) is 7.96. The maximum atomic E-state index is 12.6. The summed E-state index contributed by atoms with van der Waals surface area (Å²) in [7, 11) is 0. The van der Waals surface area contributed by atoms with E-state index in [0.717, 1.165) is 31.7 Å². The number of nitrogen functional groups attached to an aromatic ring is 1. The molecule has 0 aliphatic carbocycles. The molecule has 2 saturated heterocycles. The van der Waals surface area contributed by atoms with Crippen LogP contribution in [0.2, 0.25) is 0 Å². The highest BCUT2D eigenvalue weighted by molar-refractivity contribution is 6.04. The molecule has 0 spiro atoms. The minimum Gasteiger partial charge on any atom is -0.384 e. The van der Waals surface area contributed by atoms with E-state index in [-0.39, 0.29) is 5.91 Å². The number of morpholine rings is 2. The number of carbonyl (C=O) groups excluding carboxylic acids is 1. The molecule has 2 aromatic heterocycles. The van der Waals surface area contributed by atoms with Gasteiger partial charge in [-0.3, -0.25) is 4.79 Å². The Hall–Kier alpha value is -3.83. The smallest absolute Gasteiger partial charge is 0.257 e. The Labute approximate surface area is 196 Å². The first-order valence-corrected chi connectivity index (χ1v) is 11.2. The molecule has 0 atom stereocenters. The first-order chi connectivity index (χ1) is 16.7. The predicted octanol–water partition coefficient (Wildman–Crippen LogP) is 1.44. The Kier molecular flexibility index (Phi) is 6.45. The van der Waals surface area contributed by atoms with E-state index in [2.05, 4.69) is 20.1 Å². The average Bonchev–Trinajstić information content (AvgIpc) is 2.90. The summed E-state index contributed by atoms with van der Waals surface area (Å²) < 4.78 is 11.0. The van der Waals surface area contributed by atoms with Gasteiger partial charge in [-0.2, -0.15) is 15.0 Å². The molecule has 11 heteroatoms. The van der Waals surface area contributed by atoms with Crippen LogP contribution in [0, 0.1) is 0 Å². The molecule has 0 unspecified atom stereocenters. The number of ether oxygens (including phenoxy) is 2. The summed E-state index contributed by atoms with van der Waals surface area (Å²) in [4.78, 5) is 35.1. The van der Waals surface area contributed by atoms with Crippen molar-refractivity contribution in [3.63, 3.8) is 0 Å². The van der Waals surface area contributed by atoms with Crippen molar-refractivity contribution in [1.82, 2.24) is 19.9 Å². The number of rotatable bonds is 5. The second kappa shape index (κ2) is 9.98. The fourth-order valence-electron chi connectivity index (χ4n) is 3.77. The number of amides is 1. The first kappa shape index (κ1) is 22.0. The van der Waals surface area contributed by atoms with E-state index in [4.69, 9.17) is 30.2 Å². The Morgan fingerprint density at radius 1 is 0.882 bits per heavy atom. The topological polar surface area (TPSA) is 132 Å². The van der Waals surface area contributed by atoms with E-state index in [1.165, 1.54) is 6.20 Å². The van der Waals surface area contributed by atoms with Crippen molar-refractivity contribution >= 4 is 29.3 Å². The summed E-state index contributed by atoms with van der Waals surface area (Å²) in [6, 6.07) is 10.7. The van der Waals surface area contributed by atoms with Gasteiger partial charge in [0.2, 0.25) is 11.9 Å². The largest absolute Gasteiger partial charge is 0.384 e. The summed E-state index contributed by atoms with van der Waals surface area (Å²) >= 11 is 0. The Balaban J connectivity index is 1.44. The van der Waals surface area contributed by atoms with E-state index in [1.54, 1.807) is 12.1 Å². The van der Waals surface area contributed by atoms with Crippen LogP contribution in [-0.2, 0) is 9.47 Å². The third kappa shape index (κ3) is 5.05. The van der Waals surface area contributed by atoms with Gasteiger partial charge in [0.1, 0.15) is 5.82 Å². The van der Waals surface area contributed by atoms with Crippen LogP contribution in [0.3, 0.4) is 0 Å². The number of benzene rings is 1. The molecule has 0 saturated carbocycles. The lowest BCUT2D eigenvalue weighted by Crippen LogP contribution is -2.40. The zero-order valence-corrected chi connectivity index (χ0v) is 18.7. The van der Waals surface area contributed by atoms with Crippen molar-refractivity contribution in [2.45, 2.75) is 0 Å². The zero-order chi connectivity index (χ0) is 23.3. The molecule has 1 aromatic carbocycles. The van der Waals surface area contributed by atoms with Crippen molar-refractivity contribution in [2.75, 3.05) is 73.5 Å². The van der Waals surface area contributed by atoms with Gasteiger partial charge < -0.3 is 30.3 Å². The summed E-state index contributed by atoms with van der Waals surface area (Å²) in [6.45, 7) is 5.42. The van der Waals surface area contributed by atoms with Crippen LogP contribution in [0.4, 0.5) is 23.4 Å². The molecular formula is C23H26N8O3. The lowest BCUT2D eigenvalue weighted by Gasteiger charge is -2.30. The van der Waals surface area contributed by atoms with Crippen LogP contribution in [0.15, 0.2) is 42.6 Å². The summed E-state index contributed by atoms with van der Waals surface area (Å²) in [5.74, 6) is 1.88. The van der Waals surface area contributed by atoms with Crippen LogP contribution in [0.1, 0.15) is 10.4 Å². The highest BCUT2D eigenvalue weighted by Crippen LogP contribution is 2.25. The number of nitrogens with two attached hydrogens (primary N) is 1. The number of aromatic nitrogens is 4. The molecule has 3 N–H and O–H groups in total. The third-order valence-electron chi connectivity index (χ3n) is 5.63. The van der Waals surface area contributed by atoms with Crippen molar-refractivity contribution in [1.29, 1.82) is 0 Å². The fourth-order valence-corrected chi connectivity index (χ4v) is 3.77. The van der Waals surface area contributed by atoms with Crippen molar-refractivity contribution < 1.29 is 14.3 Å². The van der Waals surface area contributed by atoms with Gasteiger partial charge in [0.15, 0.2) is 5.82 Å². The van der Waals surface area contributed by atoms with E-state index in [1.807, 2.05) is 24.3 Å². The maximum absolute atomic E-state index is 12.6. The molecule has 2 fully saturated rings.